The fourth-order valence-electron chi connectivity index (χ4n) is 1.94. The highest BCUT2D eigenvalue weighted by Crippen LogP contribution is 2.27. The van der Waals surface area contributed by atoms with Gasteiger partial charge in [0, 0.05) is 18.2 Å². The number of hydrogen-bond donors (Lipinski definition) is 2. The van der Waals surface area contributed by atoms with Crippen LogP contribution in [0, 0.1) is 6.92 Å². The number of halogens is 1. The first-order valence-electron chi connectivity index (χ1n) is 6.34. The Morgan fingerprint density at radius 2 is 1.84 bits per heavy atom. The van der Waals surface area contributed by atoms with E-state index in [0.717, 1.165) is 5.56 Å². The van der Waals surface area contributed by atoms with Gasteiger partial charge in [0.15, 0.2) is 0 Å². The van der Waals surface area contributed by atoms with Gasteiger partial charge in [0.2, 0.25) is 0 Å². The summed E-state index contributed by atoms with van der Waals surface area (Å²) in [7, 11) is 0. The zero-order valence-corrected chi connectivity index (χ0v) is 11.9. The van der Waals surface area contributed by atoms with E-state index >= 15 is 0 Å². The second-order valence-corrected chi connectivity index (χ2v) is 5.17. The number of benzene rings is 2. The van der Waals surface area contributed by atoms with Crippen molar-refractivity contribution in [2.45, 2.75) is 26.4 Å². The van der Waals surface area contributed by atoms with E-state index in [1.807, 2.05) is 12.1 Å². The molecule has 0 aliphatic heterocycles. The monoisotopic (exact) mass is 275 g/mol. The first-order chi connectivity index (χ1) is 9.08. The molecule has 0 saturated carbocycles. The lowest BCUT2D eigenvalue weighted by Gasteiger charge is -2.15. The molecule has 0 amide bonds. The summed E-state index contributed by atoms with van der Waals surface area (Å²) in [5.74, 6) is 0.160. The Bertz CT molecular complexity index is 551. The van der Waals surface area contributed by atoms with Gasteiger partial charge < -0.3 is 10.4 Å². The van der Waals surface area contributed by atoms with Crippen LogP contribution in [0.25, 0.3) is 0 Å². The van der Waals surface area contributed by atoms with Crippen molar-refractivity contribution >= 4 is 11.6 Å². The molecule has 0 aliphatic carbocycles. The highest BCUT2D eigenvalue weighted by molar-refractivity contribution is 6.32. The highest BCUT2D eigenvalue weighted by Gasteiger charge is 2.08. The first-order valence-corrected chi connectivity index (χ1v) is 6.72. The lowest BCUT2D eigenvalue weighted by Crippen LogP contribution is -2.18. The first kappa shape index (κ1) is 13.9. The molecule has 100 valence electrons. The molecule has 3 heteroatoms. The van der Waals surface area contributed by atoms with Crippen molar-refractivity contribution in [3.63, 3.8) is 0 Å². The lowest BCUT2D eigenvalue weighted by molar-refractivity contribution is 0.460. The number of phenolic OH excluding ortho intramolecular Hbond substituents is 1. The summed E-state index contributed by atoms with van der Waals surface area (Å²) in [4.78, 5) is 0. The van der Waals surface area contributed by atoms with Crippen LogP contribution in [-0.4, -0.2) is 5.11 Å². The van der Waals surface area contributed by atoms with Gasteiger partial charge in [-0.05, 0) is 25.5 Å². The Balaban J connectivity index is 2.02. The average Bonchev–Trinajstić information content (AvgIpc) is 2.41. The predicted octanol–water partition coefficient (Wildman–Crippen LogP) is 4.20. The van der Waals surface area contributed by atoms with Crippen LogP contribution in [0.1, 0.15) is 29.7 Å². The van der Waals surface area contributed by atoms with Crippen molar-refractivity contribution < 1.29 is 5.11 Å². The van der Waals surface area contributed by atoms with Crippen LogP contribution in [0.3, 0.4) is 0 Å². The van der Waals surface area contributed by atoms with Gasteiger partial charge in [-0.25, -0.2) is 0 Å². The molecule has 0 spiro atoms. The third-order valence-electron chi connectivity index (χ3n) is 3.25. The quantitative estimate of drug-likeness (QED) is 0.876. The van der Waals surface area contributed by atoms with E-state index in [1.165, 1.54) is 11.1 Å². The van der Waals surface area contributed by atoms with E-state index in [1.54, 1.807) is 6.07 Å². The Labute approximate surface area is 119 Å². The molecule has 1 atom stereocenters. The van der Waals surface area contributed by atoms with Gasteiger partial charge >= 0.3 is 0 Å². The normalized spacial score (nSPS) is 12.4. The SMILES string of the molecule is Cc1ccc([C@@H](C)NCc2cccc(Cl)c2O)cc1. The van der Waals surface area contributed by atoms with Gasteiger partial charge in [0.1, 0.15) is 5.75 Å². The van der Waals surface area contributed by atoms with Gasteiger partial charge in [0.25, 0.3) is 0 Å². The molecule has 2 aromatic rings. The van der Waals surface area contributed by atoms with E-state index < -0.39 is 0 Å². The van der Waals surface area contributed by atoms with Crippen molar-refractivity contribution in [2.75, 3.05) is 0 Å². The molecule has 0 bridgehead atoms. The Morgan fingerprint density at radius 1 is 1.16 bits per heavy atom. The molecule has 19 heavy (non-hydrogen) atoms. The maximum Gasteiger partial charge on any atom is 0.138 e. The van der Waals surface area contributed by atoms with Crippen molar-refractivity contribution in [2.24, 2.45) is 0 Å². The van der Waals surface area contributed by atoms with Crippen molar-refractivity contribution in [1.82, 2.24) is 5.32 Å². The number of hydrogen-bond acceptors (Lipinski definition) is 2. The van der Waals surface area contributed by atoms with Crippen molar-refractivity contribution in [1.29, 1.82) is 0 Å². The fraction of sp³-hybridized carbons (Fsp3) is 0.250. The Hall–Kier alpha value is -1.51. The maximum atomic E-state index is 9.85. The van der Waals surface area contributed by atoms with Crippen molar-refractivity contribution in [3.05, 3.63) is 64.2 Å². The molecule has 2 rings (SSSR count). The molecule has 2 N–H and O–H groups in total. The second kappa shape index (κ2) is 6.09. The summed E-state index contributed by atoms with van der Waals surface area (Å²) in [5.41, 5.74) is 3.29. The van der Waals surface area contributed by atoms with Crippen LogP contribution >= 0.6 is 11.6 Å². The number of nitrogens with one attached hydrogen (secondary N) is 1. The topological polar surface area (TPSA) is 32.3 Å². The zero-order valence-electron chi connectivity index (χ0n) is 11.2. The summed E-state index contributed by atoms with van der Waals surface area (Å²) in [6, 6.07) is 14.1. The molecule has 2 nitrogen and oxygen atoms in total. The van der Waals surface area contributed by atoms with Crippen molar-refractivity contribution in [3.8, 4) is 5.75 Å². The number of aromatic hydroxyl groups is 1. The Morgan fingerprint density at radius 3 is 2.53 bits per heavy atom. The van der Waals surface area contributed by atoms with Crippen LogP contribution in [0.4, 0.5) is 0 Å². The minimum atomic E-state index is 0.160. The number of rotatable bonds is 4. The van der Waals surface area contributed by atoms with Gasteiger partial charge in [-0.15, -0.1) is 0 Å². The summed E-state index contributed by atoms with van der Waals surface area (Å²) >= 11 is 5.89. The van der Waals surface area contributed by atoms with Crippen LogP contribution in [0.2, 0.25) is 5.02 Å². The molecule has 0 radical (unpaired) electrons. The number of para-hydroxylation sites is 1. The van der Waals surface area contributed by atoms with Gasteiger partial charge in [-0.1, -0.05) is 53.6 Å². The van der Waals surface area contributed by atoms with E-state index in [0.29, 0.717) is 11.6 Å². The molecule has 0 saturated heterocycles. The van der Waals surface area contributed by atoms with E-state index in [-0.39, 0.29) is 11.8 Å². The van der Waals surface area contributed by atoms with Gasteiger partial charge in [0.05, 0.1) is 5.02 Å². The second-order valence-electron chi connectivity index (χ2n) is 4.76. The van der Waals surface area contributed by atoms with Gasteiger partial charge in [-0.3, -0.25) is 0 Å². The standard InChI is InChI=1S/C16H18ClNO/c1-11-6-8-13(9-7-11)12(2)18-10-14-4-3-5-15(17)16(14)19/h3-9,12,18-19H,10H2,1-2H3/t12-/m1/s1. The third-order valence-corrected chi connectivity index (χ3v) is 3.55. The van der Waals surface area contributed by atoms with E-state index in [2.05, 4.69) is 43.4 Å². The summed E-state index contributed by atoms with van der Waals surface area (Å²) in [6.07, 6.45) is 0. The molecule has 0 aromatic heterocycles. The number of phenols is 1. The molecule has 0 fully saturated rings. The summed E-state index contributed by atoms with van der Waals surface area (Å²) in [6.45, 7) is 4.76. The maximum absolute atomic E-state index is 9.85. The summed E-state index contributed by atoms with van der Waals surface area (Å²) < 4.78 is 0. The molecular weight excluding hydrogens is 258 g/mol. The minimum absolute atomic E-state index is 0.160. The molecule has 0 unspecified atom stereocenters. The zero-order chi connectivity index (χ0) is 13.8. The third kappa shape index (κ3) is 3.49. The van der Waals surface area contributed by atoms with Crippen LogP contribution in [0.15, 0.2) is 42.5 Å². The van der Waals surface area contributed by atoms with Crippen LogP contribution in [0.5, 0.6) is 5.75 Å². The molecule has 0 aliphatic rings. The highest BCUT2D eigenvalue weighted by atomic mass is 35.5. The van der Waals surface area contributed by atoms with Crippen LogP contribution in [-0.2, 0) is 6.54 Å². The van der Waals surface area contributed by atoms with Crippen LogP contribution < -0.4 is 5.32 Å². The average molecular weight is 276 g/mol. The molecular formula is C16H18ClNO. The lowest BCUT2D eigenvalue weighted by atomic mass is 10.1. The minimum Gasteiger partial charge on any atom is -0.506 e. The molecule has 2 aromatic carbocycles. The van der Waals surface area contributed by atoms with Gasteiger partial charge in [-0.2, -0.15) is 0 Å². The fourth-order valence-corrected chi connectivity index (χ4v) is 2.13. The smallest absolute Gasteiger partial charge is 0.138 e. The molecule has 0 heterocycles. The number of aryl methyl sites for hydroxylation is 1. The Kier molecular flexibility index (Phi) is 4.46. The van der Waals surface area contributed by atoms with E-state index in [9.17, 15) is 5.11 Å². The largest absolute Gasteiger partial charge is 0.506 e. The van der Waals surface area contributed by atoms with E-state index in [4.69, 9.17) is 11.6 Å². The summed E-state index contributed by atoms with van der Waals surface area (Å²) in [5, 5.41) is 13.6. The predicted molar refractivity (Wildman–Crippen MR) is 79.6 cm³/mol.